The molecule has 0 radical (unpaired) electrons. The van der Waals surface area contributed by atoms with Crippen LogP contribution in [0.1, 0.15) is 28.8 Å². The van der Waals surface area contributed by atoms with Crippen LogP contribution in [0, 0.1) is 12.7 Å². The summed E-state index contributed by atoms with van der Waals surface area (Å²) in [6, 6.07) is 5.27. The largest absolute Gasteiger partial charge is 0.335 e. The van der Waals surface area contributed by atoms with E-state index in [0.717, 1.165) is 18.2 Å². The number of halogens is 2. The first-order valence-corrected chi connectivity index (χ1v) is 6.89. The molecule has 0 unspecified atom stereocenters. The van der Waals surface area contributed by atoms with E-state index in [4.69, 9.17) is 0 Å². The third-order valence-corrected chi connectivity index (χ3v) is 3.35. The maximum atomic E-state index is 13.9. The predicted molar refractivity (Wildman–Crippen MR) is 69.0 cm³/mol. The number of hydrogen-bond donors (Lipinski definition) is 0. The number of rotatable bonds is 4. The van der Waals surface area contributed by atoms with Crippen LogP contribution in [0.3, 0.4) is 0 Å². The summed E-state index contributed by atoms with van der Waals surface area (Å²) in [6.07, 6.45) is 2.07. The number of alkyl halides is 1. The van der Waals surface area contributed by atoms with Crippen LogP contribution < -0.4 is 0 Å². The molecule has 1 aliphatic rings. The Morgan fingerprint density at radius 1 is 1.53 bits per heavy atom. The molecule has 0 saturated heterocycles. The fourth-order valence-corrected chi connectivity index (χ4v) is 2.28. The number of carbonyl (C=O) groups is 1. The van der Waals surface area contributed by atoms with Crippen LogP contribution in [0.25, 0.3) is 0 Å². The number of aryl methyl sites for hydroxylation is 1. The Morgan fingerprint density at radius 2 is 2.24 bits per heavy atom. The van der Waals surface area contributed by atoms with Gasteiger partial charge in [0.25, 0.3) is 5.91 Å². The molecular weight excluding hydrogens is 285 g/mol. The van der Waals surface area contributed by atoms with E-state index in [-0.39, 0.29) is 11.5 Å². The Kier molecular flexibility index (Phi) is 3.82. The van der Waals surface area contributed by atoms with E-state index in [1.165, 1.54) is 0 Å². The van der Waals surface area contributed by atoms with Crippen LogP contribution >= 0.6 is 15.9 Å². The fourth-order valence-electron chi connectivity index (χ4n) is 1.89. The number of amides is 1. The Bertz CT molecular complexity index is 431. The summed E-state index contributed by atoms with van der Waals surface area (Å²) in [5, 5.41) is 0.725. The normalized spacial score (nSPS) is 14.8. The summed E-state index contributed by atoms with van der Waals surface area (Å²) in [7, 11) is 0. The first-order valence-electron chi connectivity index (χ1n) is 5.77. The minimum Gasteiger partial charge on any atom is -0.335 e. The zero-order valence-corrected chi connectivity index (χ0v) is 11.3. The zero-order valence-electron chi connectivity index (χ0n) is 9.75. The molecule has 17 heavy (non-hydrogen) atoms. The first kappa shape index (κ1) is 12.6. The molecule has 1 saturated carbocycles. The van der Waals surface area contributed by atoms with E-state index in [0.29, 0.717) is 18.2 Å². The fraction of sp³-hybridized carbons (Fsp3) is 0.462. The van der Waals surface area contributed by atoms with Crippen molar-refractivity contribution in [2.45, 2.75) is 25.8 Å². The molecule has 0 aromatic heterocycles. The summed E-state index contributed by atoms with van der Waals surface area (Å²) in [6.45, 7) is 2.31. The molecular formula is C13H15BrFNO. The van der Waals surface area contributed by atoms with Crippen LogP contribution in [0.2, 0.25) is 0 Å². The van der Waals surface area contributed by atoms with Crippen LogP contribution in [0.5, 0.6) is 0 Å². The first-order chi connectivity index (χ1) is 8.15. The molecule has 4 heteroatoms. The monoisotopic (exact) mass is 299 g/mol. The molecule has 1 fully saturated rings. The molecule has 1 aliphatic carbocycles. The van der Waals surface area contributed by atoms with E-state index in [1.54, 1.807) is 30.0 Å². The highest BCUT2D eigenvalue weighted by atomic mass is 79.9. The molecule has 0 heterocycles. The summed E-state index contributed by atoms with van der Waals surface area (Å²) >= 11 is 3.33. The summed E-state index contributed by atoms with van der Waals surface area (Å²) < 4.78 is 13.9. The Balaban J connectivity index is 2.25. The van der Waals surface area contributed by atoms with Gasteiger partial charge in [0.15, 0.2) is 0 Å². The number of benzene rings is 1. The third kappa shape index (κ3) is 2.68. The lowest BCUT2D eigenvalue weighted by Gasteiger charge is -2.21. The highest BCUT2D eigenvalue weighted by Gasteiger charge is 2.33. The standard InChI is InChI=1S/C13H15BrFNO/c1-9-3-2-4-11(12(9)15)13(17)16(8-7-14)10-5-6-10/h2-4,10H,5-8H2,1H3. The van der Waals surface area contributed by atoms with Crippen LogP contribution in [-0.4, -0.2) is 28.7 Å². The number of nitrogens with zero attached hydrogens (tertiary/aromatic N) is 1. The molecule has 1 aromatic rings. The highest BCUT2D eigenvalue weighted by Crippen LogP contribution is 2.29. The maximum Gasteiger partial charge on any atom is 0.257 e. The van der Waals surface area contributed by atoms with Gasteiger partial charge in [-0.25, -0.2) is 4.39 Å². The van der Waals surface area contributed by atoms with Gasteiger partial charge in [0.05, 0.1) is 5.56 Å². The average Bonchev–Trinajstić information content (AvgIpc) is 3.13. The Hall–Kier alpha value is -0.900. The van der Waals surface area contributed by atoms with Crippen LogP contribution in [-0.2, 0) is 0 Å². The van der Waals surface area contributed by atoms with Crippen molar-refractivity contribution in [2.75, 3.05) is 11.9 Å². The molecule has 0 bridgehead atoms. The van der Waals surface area contributed by atoms with Gasteiger partial charge >= 0.3 is 0 Å². The third-order valence-electron chi connectivity index (χ3n) is 3.00. The van der Waals surface area contributed by atoms with Crippen molar-refractivity contribution in [3.63, 3.8) is 0 Å². The van der Waals surface area contributed by atoms with E-state index in [9.17, 15) is 9.18 Å². The topological polar surface area (TPSA) is 20.3 Å². The second kappa shape index (κ2) is 5.17. The quantitative estimate of drug-likeness (QED) is 0.782. The van der Waals surface area contributed by atoms with E-state index >= 15 is 0 Å². The van der Waals surface area contributed by atoms with Gasteiger partial charge < -0.3 is 4.90 Å². The van der Waals surface area contributed by atoms with E-state index in [1.807, 2.05) is 0 Å². The van der Waals surface area contributed by atoms with Crippen molar-refractivity contribution >= 4 is 21.8 Å². The molecule has 2 nitrogen and oxygen atoms in total. The molecule has 0 atom stereocenters. The number of hydrogen-bond acceptors (Lipinski definition) is 1. The molecule has 0 N–H and O–H groups in total. The maximum absolute atomic E-state index is 13.9. The van der Waals surface area contributed by atoms with Crippen molar-refractivity contribution in [3.8, 4) is 0 Å². The van der Waals surface area contributed by atoms with Gasteiger partial charge in [-0.05, 0) is 31.4 Å². The van der Waals surface area contributed by atoms with Gasteiger partial charge in [-0.15, -0.1) is 0 Å². The van der Waals surface area contributed by atoms with Gasteiger partial charge in [-0.1, -0.05) is 28.1 Å². The van der Waals surface area contributed by atoms with Gasteiger partial charge in [0.1, 0.15) is 5.82 Å². The molecule has 92 valence electrons. The molecule has 1 amide bonds. The van der Waals surface area contributed by atoms with Crippen molar-refractivity contribution < 1.29 is 9.18 Å². The second-order valence-corrected chi connectivity index (χ2v) is 5.15. The zero-order chi connectivity index (χ0) is 12.4. The summed E-state index contributed by atoms with van der Waals surface area (Å²) in [5.74, 6) is -0.578. The lowest BCUT2D eigenvalue weighted by atomic mass is 10.1. The second-order valence-electron chi connectivity index (χ2n) is 4.36. The van der Waals surface area contributed by atoms with Crippen molar-refractivity contribution in [2.24, 2.45) is 0 Å². The predicted octanol–water partition coefficient (Wildman–Crippen LogP) is 3.13. The van der Waals surface area contributed by atoms with Crippen LogP contribution in [0.15, 0.2) is 18.2 Å². The molecule has 1 aromatic carbocycles. The smallest absolute Gasteiger partial charge is 0.257 e. The number of carbonyl (C=O) groups excluding carboxylic acids is 1. The minimum absolute atomic E-state index is 0.187. The summed E-state index contributed by atoms with van der Waals surface area (Å²) in [4.78, 5) is 14.0. The SMILES string of the molecule is Cc1cccc(C(=O)N(CCBr)C2CC2)c1F. The summed E-state index contributed by atoms with van der Waals surface area (Å²) in [5.41, 5.74) is 0.711. The van der Waals surface area contributed by atoms with Crippen LogP contribution in [0.4, 0.5) is 4.39 Å². The average molecular weight is 300 g/mol. The Labute approximate surface area is 109 Å². The van der Waals surface area contributed by atoms with Crippen molar-refractivity contribution in [1.29, 1.82) is 0 Å². The minimum atomic E-state index is -0.391. The molecule has 2 rings (SSSR count). The highest BCUT2D eigenvalue weighted by molar-refractivity contribution is 9.09. The van der Waals surface area contributed by atoms with Gasteiger partial charge in [-0.2, -0.15) is 0 Å². The molecule has 0 aliphatic heterocycles. The van der Waals surface area contributed by atoms with E-state index in [2.05, 4.69) is 15.9 Å². The van der Waals surface area contributed by atoms with Gasteiger partial charge in [-0.3, -0.25) is 4.79 Å². The Morgan fingerprint density at radius 3 is 2.82 bits per heavy atom. The van der Waals surface area contributed by atoms with Crippen molar-refractivity contribution in [3.05, 3.63) is 35.1 Å². The van der Waals surface area contributed by atoms with Gasteiger partial charge in [0.2, 0.25) is 0 Å². The lowest BCUT2D eigenvalue weighted by Crippen LogP contribution is -2.35. The van der Waals surface area contributed by atoms with E-state index < -0.39 is 5.82 Å². The van der Waals surface area contributed by atoms with Crippen molar-refractivity contribution in [1.82, 2.24) is 4.90 Å². The van der Waals surface area contributed by atoms with Gasteiger partial charge in [0, 0.05) is 17.9 Å². The molecule has 0 spiro atoms. The lowest BCUT2D eigenvalue weighted by molar-refractivity contribution is 0.0750.